The molecular formula is C11H13NO5S. The van der Waals surface area contributed by atoms with E-state index >= 15 is 0 Å². The highest BCUT2D eigenvalue weighted by atomic mass is 32.1. The Morgan fingerprint density at radius 2 is 2.06 bits per heavy atom. The van der Waals surface area contributed by atoms with E-state index in [1.807, 2.05) is 5.38 Å². The first-order valence-electron chi connectivity index (χ1n) is 5.24. The smallest absolute Gasteiger partial charge is 0.326 e. The zero-order chi connectivity index (χ0) is 13.5. The van der Waals surface area contributed by atoms with Crippen LogP contribution in [0.5, 0.6) is 0 Å². The van der Waals surface area contributed by atoms with Crippen molar-refractivity contribution in [2.75, 3.05) is 0 Å². The van der Waals surface area contributed by atoms with E-state index < -0.39 is 23.9 Å². The van der Waals surface area contributed by atoms with Crippen molar-refractivity contribution in [1.29, 1.82) is 0 Å². The van der Waals surface area contributed by atoms with Gasteiger partial charge in [0.15, 0.2) is 0 Å². The van der Waals surface area contributed by atoms with Crippen LogP contribution in [0.1, 0.15) is 18.4 Å². The van der Waals surface area contributed by atoms with E-state index in [1.165, 1.54) is 11.3 Å². The molecule has 0 saturated carbocycles. The standard InChI is InChI=1S/C11H13NO5S/c13-9(5-7-3-4-18-6-7)12-8(11(16)17)1-2-10(14)15/h3-4,6,8H,1-2,5H2,(H,12,13)(H,14,15)(H,16,17)/t8-/m0/s1. The van der Waals surface area contributed by atoms with Crippen LogP contribution in [0.4, 0.5) is 0 Å². The van der Waals surface area contributed by atoms with Crippen LogP contribution >= 0.6 is 11.3 Å². The number of carbonyl (C=O) groups excluding carboxylic acids is 1. The second-order valence-corrected chi connectivity index (χ2v) is 4.48. The third-order valence-corrected chi connectivity index (χ3v) is 2.96. The number of amides is 1. The Morgan fingerprint density at radius 3 is 2.56 bits per heavy atom. The molecule has 98 valence electrons. The van der Waals surface area contributed by atoms with Crippen LogP contribution in [0.2, 0.25) is 0 Å². The van der Waals surface area contributed by atoms with E-state index in [0.717, 1.165) is 5.56 Å². The second-order valence-electron chi connectivity index (χ2n) is 3.70. The number of carbonyl (C=O) groups is 3. The van der Waals surface area contributed by atoms with E-state index in [-0.39, 0.29) is 19.3 Å². The fraction of sp³-hybridized carbons (Fsp3) is 0.364. The van der Waals surface area contributed by atoms with Crippen molar-refractivity contribution in [1.82, 2.24) is 5.32 Å². The normalized spacial score (nSPS) is 11.8. The molecule has 18 heavy (non-hydrogen) atoms. The van der Waals surface area contributed by atoms with Gasteiger partial charge < -0.3 is 15.5 Å². The first-order chi connectivity index (χ1) is 8.49. The molecule has 6 nitrogen and oxygen atoms in total. The lowest BCUT2D eigenvalue weighted by molar-refractivity contribution is -0.143. The van der Waals surface area contributed by atoms with Crippen LogP contribution < -0.4 is 5.32 Å². The van der Waals surface area contributed by atoms with Crippen LogP contribution in [-0.2, 0) is 20.8 Å². The van der Waals surface area contributed by atoms with Gasteiger partial charge in [-0.3, -0.25) is 9.59 Å². The van der Waals surface area contributed by atoms with Crippen molar-refractivity contribution in [2.45, 2.75) is 25.3 Å². The van der Waals surface area contributed by atoms with Crippen LogP contribution in [-0.4, -0.2) is 34.1 Å². The Morgan fingerprint density at radius 1 is 1.33 bits per heavy atom. The zero-order valence-electron chi connectivity index (χ0n) is 9.46. The summed E-state index contributed by atoms with van der Waals surface area (Å²) in [5.74, 6) is -2.74. The van der Waals surface area contributed by atoms with Gasteiger partial charge in [0.05, 0.1) is 6.42 Å². The van der Waals surface area contributed by atoms with Gasteiger partial charge in [0.2, 0.25) is 5.91 Å². The number of carboxylic acid groups (broad SMARTS) is 2. The Hall–Kier alpha value is -1.89. The molecule has 0 aliphatic heterocycles. The quantitative estimate of drug-likeness (QED) is 0.678. The summed E-state index contributed by atoms with van der Waals surface area (Å²) in [6.07, 6.45) is -0.323. The Labute approximate surface area is 107 Å². The molecule has 0 aliphatic carbocycles. The molecular weight excluding hydrogens is 258 g/mol. The van der Waals surface area contributed by atoms with Crippen molar-refractivity contribution in [3.05, 3.63) is 22.4 Å². The number of hydrogen-bond acceptors (Lipinski definition) is 4. The number of aliphatic carboxylic acids is 2. The molecule has 0 aliphatic rings. The molecule has 0 radical (unpaired) electrons. The predicted molar refractivity (Wildman–Crippen MR) is 64.5 cm³/mol. The van der Waals surface area contributed by atoms with Gasteiger partial charge in [0.1, 0.15) is 6.04 Å². The third-order valence-electron chi connectivity index (χ3n) is 2.22. The molecule has 0 fully saturated rings. The van der Waals surface area contributed by atoms with Gasteiger partial charge in [-0.05, 0) is 28.8 Å². The van der Waals surface area contributed by atoms with Crippen LogP contribution in [0.25, 0.3) is 0 Å². The average molecular weight is 271 g/mol. The van der Waals surface area contributed by atoms with Crippen molar-refractivity contribution < 1.29 is 24.6 Å². The van der Waals surface area contributed by atoms with Crippen LogP contribution in [0.15, 0.2) is 16.8 Å². The average Bonchev–Trinajstić information content (AvgIpc) is 2.76. The van der Waals surface area contributed by atoms with Crippen LogP contribution in [0.3, 0.4) is 0 Å². The number of carboxylic acids is 2. The summed E-state index contributed by atoms with van der Waals surface area (Å²) < 4.78 is 0. The number of hydrogen-bond donors (Lipinski definition) is 3. The summed E-state index contributed by atoms with van der Waals surface area (Å²) in [4.78, 5) is 32.8. The molecule has 1 atom stereocenters. The maximum atomic E-state index is 11.6. The molecule has 0 unspecified atom stereocenters. The Bertz CT molecular complexity index is 429. The van der Waals surface area contributed by atoms with E-state index in [0.29, 0.717) is 0 Å². The monoisotopic (exact) mass is 271 g/mol. The van der Waals surface area contributed by atoms with E-state index in [1.54, 1.807) is 11.4 Å². The summed E-state index contributed by atoms with van der Waals surface area (Å²) in [6, 6.07) is 0.615. The summed E-state index contributed by atoms with van der Waals surface area (Å²) >= 11 is 1.45. The Balaban J connectivity index is 2.47. The molecule has 1 aromatic rings. The molecule has 3 N–H and O–H groups in total. The van der Waals surface area contributed by atoms with Crippen molar-refractivity contribution in [2.24, 2.45) is 0 Å². The fourth-order valence-electron chi connectivity index (χ4n) is 1.35. The SMILES string of the molecule is O=C(O)CC[C@H](NC(=O)Cc1ccsc1)C(=O)O. The van der Waals surface area contributed by atoms with Gasteiger partial charge in [-0.15, -0.1) is 0 Å². The summed E-state index contributed by atoms with van der Waals surface area (Å²) in [5, 5.41) is 23.3. The first-order valence-corrected chi connectivity index (χ1v) is 6.18. The largest absolute Gasteiger partial charge is 0.481 e. The molecule has 0 bridgehead atoms. The number of thiophene rings is 1. The minimum absolute atomic E-state index is 0.0976. The third kappa shape index (κ3) is 4.96. The van der Waals surface area contributed by atoms with Crippen molar-refractivity contribution in [3.8, 4) is 0 Å². The molecule has 0 saturated heterocycles. The molecule has 0 spiro atoms. The lowest BCUT2D eigenvalue weighted by atomic mass is 10.1. The van der Waals surface area contributed by atoms with Crippen LogP contribution in [0, 0.1) is 0 Å². The lowest BCUT2D eigenvalue weighted by Gasteiger charge is -2.13. The van der Waals surface area contributed by atoms with Gasteiger partial charge in [0.25, 0.3) is 0 Å². The van der Waals surface area contributed by atoms with Gasteiger partial charge in [-0.2, -0.15) is 11.3 Å². The number of rotatable bonds is 7. The van der Waals surface area contributed by atoms with E-state index in [4.69, 9.17) is 10.2 Å². The van der Waals surface area contributed by atoms with Gasteiger partial charge in [0, 0.05) is 6.42 Å². The molecule has 7 heteroatoms. The topological polar surface area (TPSA) is 104 Å². The van der Waals surface area contributed by atoms with Crippen molar-refractivity contribution >= 4 is 29.2 Å². The molecule has 1 rings (SSSR count). The highest BCUT2D eigenvalue weighted by Gasteiger charge is 2.20. The summed E-state index contributed by atoms with van der Waals surface area (Å²) in [6.45, 7) is 0. The maximum absolute atomic E-state index is 11.6. The van der Waals surface area contributed by atoms with E-state index in [2.05, 4.69) is 5.32 Å². The molecule has 1 heterocycles. The highest BCUT2D eigenvalue weighted by molar-refractivity contribution is 7.07. The Kier molecular flexibility index (Phi) is 5.31. The van der Waals surface area contributed by atoms with Gasteiger partial charge >= 0.3 is 11.9 Å². The predicted octanol–water partition coefficient (Wildman–Crippen LogP) is 0.725. The highest BCUT2D eigenvalue weighted by Crippen LogP contribution is 2.07. The fourth-order valence-corrected chi connectivity index (χ4v) is 2.02. The summed E-state index contributed by atoms with van der Waals surface area (Å²) in [5.41, 5.74) is 0.805. The minimum atomic E-state index is -1.23. The number of nitrogens with one attached hydrogen (secondary N) is 1. The molecule has 0 aromatic carbocycles. The minimum Gasteiger partial charge on any atom is -0.481 e. The second kappa shape index (κ2) is 6.75. The van der Waals surface area contributed by atoms with Gasteiger partial charge in [-0.1, -0.05) is 0 Å². The van der Waals surface area contributed by atoms with Gasteiger partial charge in [-0.25, -0.2) is 4.79 Å². The molecule has 1 amide bonds. The summed E-state index contributed by atoms with van der Waals surface area (Å²) in [7, 11) is 0. The van der Waals surface area contributed by atoms with E-state index in [9.17, 15) is 14.4 Å². The maximum Gasteiger partial charge on any atom is 0.326 e. The molecule has 1 aromatic heterocycles. The zero-order valence-corrected chi connectivity index (χ0v) is 10.3. The van der Waals surface area contributed by atoms with Crippen molar-refractivity contribution in [3.63, 3.8) is 0 Å². The lowest BCUT2D eigenvalue weighted by Crippen LogP contribution is -2.41. The first kappa shape index (κ1) is 14.2.